The first-order chi connectivity index (χ1) is 9.22. The van der Waals surface area contributed by atoms with E-state index in [2.05, 4.69) is 5.10 Å². The van der Waals surface area contributed by atoms with E-state index in [0.29, 0.717) is 6.42 Å². The summed E-state index contributed by atoms with van der Waals surface area (Å²) >= 11 is 5.75. The maximum absolute atomic E-state index is 12.1. The summed E-state index contributed by atoms with van der Waals surface area (Å²) in [5, 5.41) is 5.29. The van der Waals surface area contributed by atoms with E-state index in [0.717, 1.165) is 5.01 Å². The van der Waals surface area contributed by atoms with Crippen molar-refractivity contribution in [1.29, 1.82) is 0 Å². The number of hydrogen-bond donors (Lipinski definition) is 1. The summed E-state index contributed by atoms with van der Waals surface area (Å²) in [4.78, 5) is 12.0. The van der Waals surface area contributed by atoms with Gasteiger partial charge in [0.05, 0.1) is 10.4 Å². The van der Waals surface area contributed by atoms with Gasteiger partial charge in [-0.2, -0.15) is 5.10 Å². The van der Waals surface area contributed by atoms with Crippen LogP contribution in [0.5, 0.6) is 0 Å². The van der Waals surface area contributed by atoms with Crippen LogP contribution in [0.2, 0.25) is 5.02 Å². The van der Waals surface area contributed by atoms with Crippen molar-refractivity contribution in [2.24, 2.45) is 5.10 Å². The number of nitrogens with zero attached hydrogens (tertiary/aromatic N) is 2. The van der Waals surface area contributed by atoms with Crippen molar-refractivity contribution in [3.05, 3.63) is 29.3 Å². The number of carbonyl (C=O) groups is 1. The molecule has 6 nitrogen and oxygen atoms in total. The number of nitrogens with one attached hydrogen (secondary N) is 1. The quantitative estimate of drug-likeness (QED) is 0.908. The van der Waals surface area contributed by atoms with E-state index in [1.165, 1.54) is 18.2 Å². The number of carbonyl (C=O) groups excluding carboxylic acids is 1. The molecule has 0 atom stereocenters. The minimum atomic E-state index is -3.97. The minimum Gasteiger partial charge on any atom is -0.245 e. The molecule has 0 fully saturated rings. The summed E-state index contributed by atoms with van der Waals surface area (Å²) in [5.74, 6) is 0. The number of rotatable bonds is 2. The van der Waals surface area contributed by atoms with Gasteiger partial charge >= 0.3 is 6.03 Å². The fraction of sp³-hybridized carbons (Fsp3) is 0.333. The summed E-state index contributed by atoms with van der Waals surface area (Å²) in [5.41, 5.74) is -0.548. The van der Waals surface area contributed by atoms with Gasteiger partial charge in [-0.05, 0) is 32.0 Å². The van der Waals surface area contributed by atoms with Crippen LogP contribution in [0.25, 0.3) is 0 Å². The highest BCUT2D eigenvalue weighted by Gasteiger charge is 2.35. The van der Waals surface area contributed by atoms with Gasteiger partial charge in [0.2, 0.25) is 0 Å². The van der Waals surface area contributed by atoms with Crippen LogP contribution in [-0.4, -0.2) is 31.2 Å². The highest BCUT2D eigenvalue weighted by Crippen LogP contribution is 2.24. The summed E-state index contributed by atoms with van der Waals surface area (Å²) in [7, 11) is -3.97. The van der Waals surface area contributed by atoms with Crippen molar-refractivity contribution in [3.63, 3.8) is 0 Å². The van der Waals surface area contributed by atoms with Gasteiger partial charge in [0.15, 0.2) is 0 Å². The number of amides is 2. The van der Waals surface area contributed by atoms with E-state index in [4.69, 9.17) is 11.6 Å². The van der Waals surface area contributed by atoms with Crippen molar-refractivity contribution in [3.8, 4) is 0 Å². The van der Waals surface area contributed by atoms with E-state index in [-0.39, 0.29) is 9.92 Å². The summed E-state index contributed by atoms with van der Waals surface area (Å²) in [6.45, 7) is 3.59. The second-order valence-electron chi connectivity index (χ2n) is 4.99. The lowest BCUT2D eigenvalue weighted by Crippen LogP contribution is -2.47. The van der Waals surface area contributed by atoms with Crippen LogP contribution in [0, 0.1) is 0 Å². The molecule has 0 unspecified atom stereocenters. The van der Waals surface area contributed by atoms with Crippen LogP contribution >= 0.6 is 11.6 Å². The zero-order chi connectivity index (χ0) is 15.0. The molecule has 2 amide bonds. The van der Waals surface area contributed by atoms with Gasteiger partial charge in [-0.25, -0.2) is 22.9 Å². The molecule has 0 saturated heterocycles. The standard InChI is InChI=1S/C12H14ClN3O3S/c1-12(2)6-7-14-16(12)11(17)15-20(18,19)10-5-3-4-9(13)8-10/h3-5,7-8H,6H2,1-2H3,(H,15,17). The third kappa shape index (κ3) is 2.94. The second-order valence-corrected chi connectivity index (χ2v) is 7.11. The number of sulfonamides is 1. The molecule has 0 bridgehead atoms. The van der Waals surface area contributed by atoms with Crippen molar-refractivity contribution in [2.75, 3.05) is 0 Å². The van der Waals surface area contributed by atoms with Crippen LogP contribution in [-0.2, 0) is 10.0 Å². The molecule has 0 saturated carbocycles. The van der Waals surface area contributed by atoms with Gasteiger partial charge in [0, 0.05) is 17.7 Å². The first-order valence-corrected chi connectivity index (χ1v) is 7.73. The molecule has 1 aliphatic heterocycles. The molecule has 0 spiro atoms. The molecule has 20 heavy (non-hydrogen) atoms. The average Bonchev–Trinajstić information content (AvgIpc) is 2.68. The largest absolute Gasteiger partial charge is 0.352 e. The second kappa shape index (κ2) is 5.06. The number of benzene rings is 1. The lowest BCUT2D eigenvalue weighted by Gasteiger charge is -2.28. The average molecular weight is 316 g/mol. The first-order valence-electron chi connectivity index (χ1n) is 5.87. The maximum atomic E-state index is 12.1. The molecule has 0 radical (unpaired) electrons. The Hall–Kier alpha value is -1.60. The third-order valence-corrected chi connectivity index (χ3v) is 4.43. The lowest BCUT2D eigenvalue weighted by molar-refractivity contribution is 0.159. The molecule has 2 rings (SSSR count). The molecule has 0 aliphatic carbocycles. The van der Waals surface area contributed by atoms with E-state index >= 15 is 0 Å². The van der Waals surface area contributed by atoms with Gasteiger partial charge < -0.3 is 0 Å². The van der Waals surface area contributed by atoms with E-state index < -0.39 is 21.6 Å². The predicted octanol–water partition coefficient (Wildman–Crippen LogP) is 2.21. The Morgan fingerprint density at radius 2 is 2.15 bits per heavy atom. The van der Waals surface area contributed by atoms with E-state index in [1.54, 1.807) is 26.1 Å². The maximum Gasteiger partial charge on any atom is 0.352 e. The molecule has 1 heterocycles. The van der Waals surface area contributed by atoms with Crippen LogP contribution in [0.1, 0.15) is 20.3 Å². The van der Waals surface area contributed by atoms with E-state index in [1.807, 2.05) is 4.72 Å². The highest BCUT2D eigenvalue weighted by atomic mass is 35.5. The molecular weight excluding hydrogens is 302 g/mol. The number of halogens is 1. The van der Waals surface area contributed by atoms with Crippen molar-refractivity contribution >= 4 is 33.9 Å². The van der Waals surface area contributed by atoms with Crippen molar-refractivity contribution in [2.45, 2.75) is 30.7 Å². The Balaban J connectivity index is 2.21. The molecule has 1 aliphatic rings. The zero-order valence-corrected chi connectivity index (χ0v) is 12.6. The Labute approximate surface area is 122 Å². The molecule has 1 N–H and O–H groups in total. The number of urea groups is 1. The highest BCUT2D eigenvalue weighted by molar-refractivity contribution is 7.90. The number of hydrogen-bond acceptors (Lipinski definition) is 4. The monoisotopic (exact) mass is 315 g/mol. The Kier molecular flexibility index (Phi) is 3.75. The Bertz CT molecular complexity index is 670. The van der Waals surface area contributed by atoms with Crippen molar-refractivity contribution in [1.82, 2.24) is 9.73 Å². The van der Waals surface area contributed by atoms with E-state index in [9.17, 15) is 13.2 Å². The Morgan fingerprint density at radius 1 is 1.45 bits per heavy atom. The van der Waals surface area contributed by atoms with Crippen LogP contribution in [0.3, 0.4) is 0 Å². The van der Waals surface area contributed by atoms with Gasteiger partial charge in [0.1, 0.15) is 0 Å². The number of hydrazone groups is 1. The molecule has 108 valence electrons. The first kappa shape index (κ1) is 14.8. The molecule has 1 aromatic carbocycles. The van der Waals surface area contributed by atoms with Crippen LogP contribution in [0.4, 0.5) is 4.79 Å². The molecule has 8 heteroatoms. The lowest BCUT2D eigenvalue weighted by atomic mass is 10.0. The normalized spacial score (nSPS) is 17.2. The predicted molar refractivity (Wildman–Crippen MR) is 76.2 cm³/mol. The fourth-order valence-electron chi connectivity index (χ4n) is 1.77. The van der Waals surface area contributed by atoms with Gasteiger partial charge in [0.25, 0.3) is 10.0 Å². The summed E-state index contributed by atoms with van der Waals surface area (Å²) in [6.07, 6.45) is 2.14. The summed E-state index contributed by atoms with van der Waals surface area (Å²) in [6, 6.07) is 4.90. The topological polar surface area (TPSA) is 78.8 Å². The molecule has 1 aromatic rings. The van der Waals surface area contributed by atoms with Gasteiger partial charge in [-0.1, -0.05) is 17.7 Å². The third-order valence-electron chi connectivity index (χ3n) is 2.88. The Morgan fingerprint density at radius 3 is 2.70 bits per heavy atom. The van der Waals surface area contributed by atoms with Crippen LogP contribution in [0.15, 0.2) is 34.3 Å². The zero-order valence-electron chi connectivity index (χ0n) is 11.0. The summed E-state index contributed by atoms with van der Waals surface area (Å²) < 4.78 is 26.2. The van der Waals surface area contributed by atoms with Crippen LogP contribution < -0.4 is 4.72 Å². The molecular formula is C12H14ClN3O3S. The smallest absolute Gasteiger partial charge is 0.245 e. The van der Waals surface area contributed by atoms with Gasteiger partial charge in [-0.3, -0.25) is 0 Å². The van der Waals surface area contributed by atoms with Crippen molar-refractivity contribution < 1.29 is 13.2 Å². The fourth-order valence-corrected chi connectivity index (χ4v) is 3.00. The minimum absolute atomic E-state index is 0.0701. The van der Waals surface area contributed by atoms with Gasteiger partial charge in [-0.15, -0.1) is 0 Å². The SMILES string of the molecule is CC1(C)CC=NN1C(=O)NS(=O)(=O)c1cccc(Cl)c1. The molecule has 0 aromatic heterocycles.